The maximum Gasteiger partial charge on any atom is 0.309 e. The summed E-state index contributed by atoms with van der Waals surface area (Å²) in [6.45, 7) is 4.80. The van der Waals surface area contributed by atoms with Crippen LogP contribution in [0.3, 0.4) is 0 Å². The molecule has 0 aliphatic heterocycles. The molecule has 1 aromatic rings. The third-order valence-electron chi connectivity index (χ3n) is 9.56. The number of carbonyl (C=O) groups is 1. The third-order valence-corrected chi connectivity index (χ3v) is 9.56. The van der Waals surface area contributed by atoms with E-state index in [0.717, 1.165) is 38.0 Å². The van der Waals surface area contributed by atoms with Crippen LogP contribution in [0, 0.1) is 35.3 Å². The molecule has 3 fully saturated rings. The van der Waals surface area contributed by atoms with E-state index in [1.54, 1.807) is 12.1 Å². The molecular formula is C32H48F2O3. The summed E-state index contributed by atoms with van der Waals surface area (Å²) < 4.78 is 41.1. The minimum Gasteiger partial charge on any atom is -0.490 e. The summed E-state index contributed by atoms with van der Waals surface area (Å²) in [6.07, 6.45) is 16.7. The Morgan fingerprint density at radius 3 is 2.30 bits per heavy atom. The molecule has 3 saturated carbocycles. The van der Waals surface area contributed by atoms with Crippen molar-refractivity contribution in [3.8, 4) is 5.75 Å². The van der Waals surface area contributed by atoms with Crippen molar-refractivity contribution in [3.05, 3.63) is 29.3 Å². The molecule has 0 heterocycles. The van der Waals surface area contributed by atoms with Crippen LogP contribution in [0.1, 0.15) is 128 Å². The van der Waals surface area contributed by atoms with E-state index >= 15 is 0 Å². The summed E-state index contributed by atoms with van der Waals surface area (Å²) >= 11 is 0. The van der Waals surface area contributed by atoms with Crippen LogP contribution in [0.25, 0.3) is 0 Å². The number of hydrogen-bond acceptors (Lipinski definition) is 3. The van der Waals surface area contributed by atoms with Gasteiger partial charge in [-0.25, -0.2) is 4.39 Å². The van der Waals surface area contributed by atoms with Gasteiger partial charge in [0.25, 0.3) is 0 Å². The Morgan fingerprint density at radius 1 is 0.811 bits per heavy atom. The lowest BCUT2D eigenvalue weighted by atomic mass is 9.82. The molecule has 0 aromatic heterocycles. The molecule has 3 aliphatic rings. The second kappa shape index (κ2) is 13.9. The molecule has 4 atom stereocenters. The monoisotopic (exact) mass is 518 g/mol. The van der Waals surface area contributed by atoms with Crippen LogP contribution in [-0.2, 0) is 9.53 Å². The predicted molar refractivity (Wildman–Crippen MR) is 144 cm³/mol. The highest BCUT2D eigenvalue weighted by Crippen LogP contribution is 2.52. The van der Waals surface area contributed by atoms with Gasteiger partial charge in [0.2, 0.25) is 5.82 Å². The predicted octanol–water partition coefficient (Wildman–Crippen LogP) is 9.13. The van der Waals surface area contributed by atoms with Gasteiger partial charge in [0.05, 0.1) is 12.5 Å². The van der Waals surface area contributed by atoms with E-state index in [9.17, 15) is 13.6 Å². The summed E-state index contributed by atoms with van der Waals surface area (Å²) in [5.41, 5.74) is 0.430. The molecule has 0 bridgehead atoms. The Morgan fingerprint density at radius 2 is 1.54 bits per heavy atom. The van der Waals surface area contributed by atoms with E-state index in [1.807, 2.05) is 0 Å². The zero-order valence-electron chi connectivity index (χ0n) is 23.1. The fourth-order valence-electron chi connectivity index (χ4n) is 7.46. The maximum absolute atomic E-state index is 14.9. The summed E-state index contributed by atoms with van der Waals surface area (Å²) in [5.74, 6) is 0.416. The van der Waals surface area contributed by atoms with Crippen LogP contribution in [-0.4, -0.2) is 18.7 Å². The minimum absolute atomic E-state index is 0.00261. The van der Waals surface area contributed by atoms with Gasteiger partial charge in [0, 0.05) is 0 Å². The molecule has 0 radical (unpaired) electrons. The van der Waals surface area contributed by atoms with Crippen molar-refractivity contribution >= 4 is 5.97 Å². The number of fused-ring (bicyclic) bond motifs is 1. The Labute approximate surface area is 223 Å². The average Bonchev–Trinajstić information content (AvgIpc) is 3.50. The fraction of sp³-hybridized carbons (Fsp3) is 0.781. The summed E-state index contributed by atoms with van der Waals surface area (Å²) in [5, 5.41) is 0. The summed E-state index contributed by atoms with van der Waals surface area (Å²) in [4.78, 5) is 13.1. The van der Waals surface area contributed by atoms with Gasteiger partial charge in [-0.3, -0.25) is 4.79 Å². The zero-order chi connectivity index (χ0) is 26.2. The number of ether oxygens (including phenoxy) is 2. The molecule has 3 nitrogen and oxygen atoms in total. The Hall–Kier alpha value is -1.65. The molecule has 0 N–H and O–H groups in total. The standard InChI is InChI=1S/C32H48F2O3/c1-3-5-7-9-21-36-29-20-19-26(30(33)31(29)34)23-11-14-24(15-12-23)37-32(35)28-18-17-25-22(10-8-6-4-2)13-16-27(25)28/h19-20,22-25,27-28H,3-18,21H2,1-2H3. The van der Waals surface area contributed by atoms with Crippen LogP contribution in [0.5, 0.6) is 5.75 Å². The van der Waals surface area contributed by atoms with E-state index in [0.29, 0.717) is 49.7 Å². The lowest BCUT2D eigenvalue weighted by Crippen LogP contribution is -2.29. The third kappa shape index (κ3) is 7.06. The van der Waals surface area contributed by atoms with Gasteiger partial charge in [-0.05, 0) is 93.1 Å². The van der Waals surface area contributed by atoms with E-state index in [-0.39, 0.29) is 29.7 Å². The van der Waals surface area contributed by atoms with E-state index in [2.05, 4.69) is 13.8 Å². The van der Waals surface area contributed by atoms with Gasteiger partial charge in [-0.2, -0.15) is 4.39 Å². The van der Waals surface area contributed by atoms with Crippen LogP contribution in [0.2, 0.25) is 0 Å². The largest absolute Gasteiger partial charge is 0.490 e. The van der Waals surface area contributed by atoms with Crippen molar-refractivity contribution in [1.29, 1.82) is 0 Å². The zero-order valence-corrected chi connectivity index (χ0v) is 23.1. The van der Waals surface area contributed by atoms with Gasteiger partial charge >= 0.3 is 5.97 Å². The normalized spacial score (nSPS) is 29.3. The molecule has 0 amide bonds. The number of hydrogen-bond donors (Lipinski definition) is 0. The number of benzene rings is 1. The topological polar surface area (TPSA) is 35.5 Å². The van der Waals surface area contributed by atoms with Crippen LogP contribution in [0.15, 0.2) is 12.1 Å². The highest BCUT2D eigenvalue weighted by molar-refractivity contribution is 5.73. The summed E-state index contributed by atoms with van der Waals surface area (Å²) in [6, 6.07) is 3.26. The first kappa shape index (κ1) is 28.4. The number of carbonyl (C=O) groups excluding carboxylic acids is 1. The molecule has 37 heavy (non-hydrogen) atoms. The van der Waals surface area contributed by atoms with Gasteiger partial charge in [-0.1, -0.05) is 64.9 Å². The van der Waals surface area contributed by atoms with E-state index in [4.69, 9.17) is 9.47 Å². The maximum atomic E-state index is 14.9. The Bertz CT molecular complexity index is 864. The first-order valence-corrected chi connectivity index (χ1v) is 15.3. The first-order chi connectivity index (χ1) is 18.0. The van der Waals surface area contributed by atoms with Gasteiger partial charge < -0.3 is 9.47 Å². The number of unbranched alkanes of at least 4 members (excludes halogenated alkanes) is 5. The van der Waals surface area contributed by atoms with Crippen LogP contribution in [0.4, 0.5) is 8.78 Å². The lowest BCUT2D eigenvalue weighted by molar-refractivity contribution is -0.157. The van der Waals surface area contributed by atoms with Crippen molar-refractivity contribution in [3.63, 3.8) is 0 Å². The molecule has 1 aromatic carbocycles. The average molecular weight is 519 g/mol. The molecule has 0 saturated heterocycles. The van der Waals surface area contributed by atoms with Crippen molar-refractivity contribution in [2.45, 2.75) is 129 Å². The van der Waals surface area contributed by atoms with Gasteiger partial charge in [0.15, 0.2) is 11.6 Å². The van der Waals surface area contributed by atoms with E-state index < -0.39 is 11.6 Å². The Balaban J connectivity index is 1.23. The fourth-order valence-corrected chi connectivity index (χ4v) is 7.46. The van der Waals surface area contributed by atoms with Gasteiger partial charge in [0.1, 0.15) is 6.10 Å². The second-order valence-electron chi connectivity index (χ2n) is 11.9. The number of rotatable bonds is 13. The number of halogens is 2. The molecule has 3 aliphatic carbocycles. The van der Waals surface area contributed by atoms with Crippen molar-refractivity contribution in [1.82, 2.24) is 0 Å². The molecular weight excluding hydrogens is 470 g/mol. The van der Waals surface area contributed by atoms with Crippen molar-refractivity contribution < 1.29 is 23.0 Å². The number of esters is 1. The molecule has 5 heteroatoms. The van der Waals surface area contributed by atoms with Gasteiger partial charge in [-0.15, -0.1) is 0 Å². The lowest BCUT2D eigenvalue weighted by Gasteiger charge is -2.30. The summed E-state index contributed by atoms with van der Waals surface area (Å²) in [7, 11) is 0. The molecule has 208 valence electrons. The second-order valence-corrected chi connectivity index (χ2v) is 11.9. The molecule has 0 spiro atoms. The highest BCUT2D eigenvalue weighted by Gasteiger charge is 2.48. The SMILES string of the molecule is CCCCCCOc1ccc(C2CCC(OC(=O)C3CCC4C(CCCCC)CCC34)CC2)c(F)c1F. The first-order valence-electron chi connectivity index (χ1n) is 15.3. The quantitative estimate of drug-likeness (QED) is 0.193. The van der Waals surface area contributed by atoms with E-state index in [1.165, 1.54) is 44.9 Å². The van der Waals surface area contributed by atoms with Crippen LogP contribution < -0.4 is 4.74 Å². The van der Waals surface area contributed by atoms with Crippen molar-refractivity contribution in [2.24, 2.45) is 23.7 Å². The molecule has 4 unspecified atom stereocenters. The van der Waals surface area contributed by atoms with Crippen LogP contribution >= 0.6 is 0 Å². The minimum atomic E-state index is -0.873. The Kier molecular flexibility index (Phi) is 10.7. The smallest absolute Gasteiger partial charge is 0.309 e. The highest BCUT2D eigenvalue weighted by atomic mass is 19.2. The van der Waals surface area contributed by atoms with Crippen molar-refractivity contribution in [2.75, 3.05) is 6.61 Å². The molecule has 4 rings (SSSR count).